The highest BCUT2D eigenvalue weighted by Crippen LogP contribution is 1.72. The quantitative estimate of drug-likeness (QED) is 0.526. The summed E-state index contributed by atoms with van der Waals surface area (Å²) in [5, 5.41) is 8.40. The van der Waals surface area contributed by atoms with E-state index in [0.717, 1.165) is 0 Å². The van der Waals surface area contributed by atoms with E-state index in [9.17, 15) is 9.59 Å². The number of hydrogen-bond donors (Lipinski definition) is 3. The van der Waals surface area contributed by atoms with Crippen LogP contribution in [0.2, 0.25) is 0 Å². The van der Waals surface area contributed by atoms with E-state index in [-0.39, 0.29) is 0 Å². The number of carbonyl (C=O) groups excluding carboxylic acids is 2. The summed E-state index contributed by atoms with van der Waals surface area (Å²) in [5.74, 6) is -0.530. The Hall–Kier alpha value is -1.85. The zero-order valence-electron chi connectivity index (χ0n) is 7.23. The van der Waals surface area contributed by atoms with Crippen molar-refractivity contribution < 1.29 is 9.59 Å². The van der Waals surface area contributed by atoms with Crippen LogP contribution in [0, 0.1) is 0 Å². The van der Waals surface area contributed by atoms with Gasteiger partial charge in [0.05, 0.1) is 0 Å². The smallest absolute Gasteiger partial charge is 0.239 e. The SMILES string of the molecule is CC(NC=O)C(N)=O.c1cn[nH]c1. The number of nitrogens with two attached hydrogens (primary N) is 1. The first-order valence-electron chi connectivity index (χ1n) is 3.61. The van der Waals surface area contributed by atoms with Crippen LogP contribution in [0.1, 0.15) is 6.92 Å². The largest absolute Gasteiger partial charge is 0.368 e. The number of nitrogens with zero attached hydrogens (tertiary/aromatic N) is 1. The van der Waals surface area contributed by atoms with E-state index >= 15 is 0 Å². The first kappa shape index (κ1) is 11.2. The number of aromatic amines is 1. The molecule has 1 aromatic heterocycles. The Morgan fingerprint density at radius 1 is 1.77 bits per heavy atom. The maximum atomic E-state index is 10.1. The number of nitrogens with one attached hydrogen (secondary N) is 2. The molecule has 0 aliphatic carbocycles. The summed E-state index contributed by atoms with van der Waals surface area (Å²) < 4.78 is 0. The van der Waals surface area contributed by atoms with Gasteiger partial charge in [-0.3, -0.25) is 14.7 Å². The lowest BCUT2D eigenvalue weighted by Crippen LogP contribution is -2.37. The molecule has 0 aliphatic heterocycles. The van der Waals surface area contributed by atoms with E-state index < -0.39 is 11.9 Å². The summed E-state index contributed by atoms with van der Waals surface area (Å²) in [6, 6.07) is 1.27. The second-order valence-electron chi connectivity index (χ2n) is 2.17. The predicted octanol–water partition coefficient (Wildman–Crippen LogP) is -0.984. The summed E-state index contributed by atoms with van der Waals surface area (Å²) in [5.41, 5.74) is 4.76. The third kappa shape index (κ3) is 6.54. The molecule has 1 heterocycles. The van der Waals surface area contributed by atoms with Gasteiger partial charge >= 0.3 is 0 Å². The second-order valence-corrected chi connectivity index (χ2v) is 2.17. The lowest BCUT2D eigenvalue weighted by Gasteiger charge is -2.01. The number of primary amides is 1. The molecule has 0 bridgehead atoms. The van der Waals surface area contributed by atoms with Gasteiger partial charge in [0.25, 0.3) is 0 Å². The fourth-order valence-corrected chi connectivity index (χ4v) is 0.399. The van der Waals surface area contributed by atoms with E-state index in [2.05, 4.69) is 15.5 Å². The molecule has 6 nitrogen and oxygen atoms in total. The minimum Gasteiger partial charge on any atom is -0.368 e. The molecular formula is C7H12N4O2. The molecule has 1 rings (SSSR count). The third-order valence-electron chi connectivity index (χ3n) is 1.15. The molecule has 4 N–H and O–H groups in total. The van der Waals surface area contributed by atoms with Gasteiger partial charge in [0, 0.05) is 12.4 Å². The molecule has 0 saturated carbocycles. The van der Waals surface area contributed by atoms with E-state index in [4.69, 9.17) is 5.73 Å². The number of amides is 2. The van der Waals surface area contributed by atoms with Crippen molar-refractivity contribution in [2.24, 2.45) is 5.73 Å². The second kappa shape index (κ2) is 6.84. The fourth-order valence-electron chi connectivity index (χ4n) is 0.399. The molecule has 0 fully saturated rings. The number of carbonyl (C=O) groups is 2. The standard InChI is InChI=1S/C4H8N2O2.C3H4N2/c1-3(4(5)8)6-2-7;1-2-4-5-3-1/h2-3H,1H3,(H2,5,8)(H,6,7);1-3H,(H,4,5). The minimum atomic E-state index is -0.563. The van der Waals surface area contributed by atoms with Gasteiger partial charge < -0.3 is 11.1 Å². The molecule has 0 aliphatic rings. The maximum absolute atomic E-state index is 10.1. The lowest BCUT2D eigenvalue weighted by molar-refractivity contribution is -0.122. The van der Waals surface area contributed by atoms with Gasteiger partial charge in [-0.1, -0.05) is 0 Å². The van der Waals surface area contributed by atoms with E-state index in [0.29, 0.717) is 6.41 Å². The van der Waals surface area contributed by atoms with Crippen LogP contribution in [0.15, 0.2) is 18.5 Å². The highest BCUT2D eigenvalue weighted by Gasteiger charge is 2.03. The number of rotatable bonds is 3. The Kier molecular flexibility index (Phi) is 5.86. The molecule has 13 heavy (non-hydrogen) atoms. The highest BCUT2D eigenvalue weighted by atomic mass is 16.2. The van der Waals surface area contributed by atoms with Crippen LogP contribution in [0.5, 0.6) is 0 Å². The van der Waals surface area contributed by atoms with Crippen molar-refractivity contribution in [1.82, 2.24) is 15.5 Å². The zero-order valence-corrected chi connectivity index (χ0v) is 7.23. The predicted molar refractivity (Wildman–Crippen MR) is 46.4 cm³/mol. The van der Waals surface area contributed by atoms with Gasteiger partial charge in [-0.2, -0.15) is 5.10 Å². The molecule has 0 radical (unpaired) electrons. The van der Waals surface area contributed by atoms with Gasteiger partial charge in [-0.25, -0.2) is 0 Å². The zero-order chi connectivity index (χ0) is 10.1. The van der Waals surface area contributed by atoms with E-state index in [1.165, 1.54) is 6.92 Å². The average Bonchev–Trinajstić information content (AvgIpc) is 2.61. The fraction of sp³-hybridized carbons (Fsp3) is 0.286. The number of H-pyrrole nitrogens is 1. The molecule has 1 atom stereocenters. The molecule has 0 aromatic carbocycles. The summed E-state index contributed by atoms with van der Waals surface area (Å²) in [6.45, 7) is 1.51. The Morgan fingerprint density at radius 2 is 2.46 bits per heavy atom. The molecular weight excluding hydrogens is 172 g/mol. The van der Waals surface area contributed by atoms with E-state index in [1.807, 2.05) is 6.07 Å². The van der Waals surface area contributed by atoms with Crippen LogP contribution < -0.4 is 11.1 Å². The molecule has 0 saturated heterocycles. The third-order valence-corrected chi connectivity index (χ3v) is 1.15. The summed E-state index contributed by atoms with van der Waals surface area (Å²) in [6.07, 6.45) is 3.90. The topological polar surface area (TPSA) is 101 Å². The lowest BCUT2D eigenvalue weighted by atomic mass is 10.3. The summed E-state index contributed by atoms with van der Waals surface area (Å²) in [7, 11) is 0. The molecule has 0 spiro atoms. The molecule has 6 heteroatoms. The van der Waals surface area contributed by atoms with Gasteiger partial charge in [0.1, 0.15) is 6.04 Å². The van der Waals surface area contributed by atoms with Gasteiger partial charge in [0.15, 0.2) is 0 Å². The molecule has 1 aromatic rings. The number of hydrogen-bond acceptors (Lipinski definition) is 3. The monoisotopic (exact) mass is 184 g/mol. The van der Waals surface area contributed by atoms with Crippen LogP contribution >= 0.6 is 0 Å². The van der Waals surface area contributed by atoms with Crippen LogP contribution in [0.25, 0.3) is 0 Å². The molecule has 2 amide bonds. The highest BCUT2D eigenvalue weighted by molar-refractivity contribution is 5.81. The van der Waals surface area contributed by atoms with Crippen molar-refractivity contribution in [3.05, 3.63) is 18.5 Å². The van der Waals surface area contributed by atoms with Crippen molar-refractivity contribution in [3.63, 3.8) is 0 Å². The summed E-state index contributed by atoms with van der Waals surface area (Å²) in [4.78, 5) is 19.7. The van der Waals surface area contributed by atoms with Crippen molar-refractivity contribution in [2.45, 2.75) is 13.0 Å². The Balaban J connectivity index is 0.000000243. The van der Waals surface area contributed by atoms with Crippen molar-refractivity contribution >= 4 is 12.3 Å². The Morgan fingerprint density at radius 3 is 2.62 bits per heavy atom. The molecule has 1 unspecified atom stereocenters. The van der Waals surface area contributed by atoms with E-state index in [1.54, 1.807) is 12.4 Å². The van der Waals surface area contributed by atoms with Crippen LogP contribution in [-0.4, -0.2) is 28.6 Å². The van der Waals surface area contributed by atoms with Gasteiger partial charge in [-0.05, 0) is 13.0 Å². The minimum absolute atomic E-state index is 0.440. The van der Waals surface area contributed by atoms with Crippen molar-refractivity contribution in [3.8, 4) is 0 Å². The summed E-state index contributed by atoms with van der Waals surface area (Å²) >= 11 is 0. The average molecular weight is 184 g/mol. The first-order chi connectivity index (χ1) is 6.18. The normalized spacial score (nSPS) is 10.5. The van der Waals surface area contributed by atoms with Crippen LogP contribution in [0.4, 0.5) is 0 Å². The van der Waals surface area contributed by atoms with Gasteiger partial charge in [-0.15, -0.1) is 0 Å². The van der Waals surface area contributed by atoms with Crippen molar-refractivity contribution in [1.29, 1.82) is 0 Å². The number of aromatic nitrogens is 2. The molecule has 72 valence electrons. The van der Waals surface area contributed by atoms with Crippen LogP contribution in [0.3, 0.4) is 0 Å². The first-order valence-corrected chi connectivity index (χ1v) is 3.61. The van der Waals surface area contributed by atoms with Gasteiger partial charge in [0.2, 0.25) is 12.3 Å². The van der Waals surface area contributed by atoms with Crippen molar-refractivity contribution in [2.75, 3.05) is 0 Å². The maximum Gasteiger partial charge on any atom is 0.239 e. The van der Waals surface area contributed by atoms with Crippen LogP contribution in [-0.2, 0) is 9.59 Å². The Bertz CT molecular complexity index is 217. The Labute approximate surface area is 75.5 Å².